The lowest BCUT2D eigenvalue weighted by molar-refractivity contribution is -0.118. The largest absolute Gasteiger partial charge is 0.370 e. The third kappa shape index (κ3) is 2.73. The molecule has 0 bridgehead atoms. The molecule has 3 rings (SSSR count). The van der Waals surface area contributed by atoms with Crippen LogP contribution < -0.4 is 11.3 Å². The number of fused-ring (bicyclic) bond motifs is 1. The van der Waals surface area contributed by atoms with Gasteiger partial charge < -0.3 is 15.2 Å². The molecule has 0 saturated heterocycles. The van der Waals surface area contributed by atoms with Gasteiger partial charge in [-0.2, -0.15) is 4.98 Å². The molecular formula is C15H14N4O3. The fourth-order valence-corrected chi connectivity index (χ4v) is 2.18. The molecule has 0 aliphatic heterocycles. The fraction of sp³-hybridized carbons (Fsp3) is 0.200. The zero-order valence-electron chi connectivity index (χ0n) is 11.9. The molecule has 3 aromatic rings. The average Bonchev–Trinajstić information content (AvgIpc) is 2.93. The number of carbonyl (C=O) groups excluding carboxylic acids is 1. The van der Waals surface area contributed by atoms with Crippen LogP contribution in [0.4, 0.5) is 0 Å². The molecule has 2 aromatic heterocycles. The normalized spacial score (nSPS) is 11.0. The van der Waals surface area contributed by atoms with E-state index in [-0.39, 0.29) is 30.1 Å². The Hall–Kier alpha value is -2.96. The minimum atomic E-state index is -0.446. The number of aryl methyl sites for hydroxylation is 2. The number of primary amides is 1. The zero-order chi connectivity index (χ0) is 15.7. The van der Waals surface area contributed by atoms with Crippen molar-refractivity contribution in [1.82, 2.24) is 15.1 Å². The lowest BCUT2D eigenvalue weighted by Gasteiger charge is -2.01. The van der Waals surface area contributed by atoms with Gasteiger partial charge in [0.2, 0.25) is 17.6 Å². The number of nitrogens with one attached hydrogen (secondary N) is 1. The first-order chi connectivity index (χ1) is 10.5. The fourth-order valence-electron chi connectivity index (χ4n) is 2.18. The Balaban J connectivity index is 1.99. The molecule has 0 unspecified atom stereocenters. The average molecular weight is 298 g/mol. The molecule has 0 fully saturated rings. The van der Waals surface area contributed by atoms with Gasteiger partial charge in [-0.05, 0) is 30.0 Å². The van der Waals surface area contributed by atoms with Gasteiger partial charge in [-0.3, -0.25) is 9.59 Å². The lowest BCUT2D eigenvalue weighted by Crippen LogP contribution is -2.11. The van der Waals surface area contributed by atoms with Crippen LogP contribution in [0.15, 0.2) is 33.6 Å². The van der Waals surface area contributed by atoms with Gasteiger partial charge in [-0.1, -0.05) is 17.3 Å². The molecule has 0 saturated carbocycles. The number of benzene rings is 1. The molecule has 0 aliphatic carbocycles. The van der Waals surface area contributed by atoms with Crippen LogP contribution in [-0.2, 0) is 11.2 Å². The first kappa shape index (κ1) is 14.0. The van der Waals surface area contributed by atoms with E-state index in [1.165, 1.54) is 0 Å². The van der Waals surface area contributed by atoms with E-state index in [1.54, 1.807) is 6.07 Å². The number of rotatable bonds is 4. The van der Waals surface area contributed by atoms with Gasteiger partial charge in [0.05, 0.1) is 5.56 Å². The Morgan fingerprint density at radius 3 is 2.95 bits per heavy atom. The SMILES string of the molecule is Cc1ccc2cc(-c3noc(CCC(N)=O)n3)c(=O)[nH]c2c1. The predicted molar refractivity (Wildman–Crippen MR) is 80.1 cm³/mol. The third-order valence-electron chi connectivity index (χ3n) is 3.30. The van der Waals surface area contributed by atoms with E-state index in [2.05, 4.69) is 15.1 Å². The van der Waals surface area contributed by atoms with Crippen LogP contribution in [-0.4, -0.2) is 21.0 Å². The summed E-state index contributed by atoms with van der Waals surface area (Å²) in [6.45, 7) is 1.95. The van der Waals surface area contributed by atoms with E-state index in [4.69, 9.17) is 10.3 Å². The molecule has 22 heavy (non-hydrogen) atoms. The van der Waals surface area contributed by atoms with E-state index >= 15 is 0 Å². The number of hydrogen-bond donors (Lipinski definition) is 2. The van der Waals surface area contributed by atoms with Gasteiger partial charge in [-0.15, -0.1) is 0 Å². The second-order valence-corrected chi connectivity index (χ2v) is 5.08. The number of aromatic nitrogens is 3. The van der Waals surface area contributed by atoms with Crippen molar-refractivity contribution in [3.8, 4) is 11.4 Å². The summed E-state index contributed by atoms with van der Waals surface area (Å²) in [6.07, 6.45) is 0.377. The highest BCUT2D eigenvalue weighted by Gasteiger charge is 2.13. The highest BCUT2D eigenvalue weighted by atomic mass is 16.5. The summed E-state index contributed by atoms with van der Waals surface area (Å²) in [5, 5.41) is 4.67. The number of nitrogens with zero attached hydrogens (tertiary/aromatic N) is 2. The van der Waals surface area contributed by atoms with Crippen molar-refractivity contribution >= 4 is 16.8 Å². The van der Waals surface area contributed by atoms with Crippen molar-refractivity contribution in [2.24, 2.45) is 5.73 Å². The molecule has 112 valence electrons. The summed E-state index contributed by atoms with van der Waals surface area (Å²) in [4.78, 5) is 29.9. The topological polar surface area (TPSA) is 115 Å². The molecule has 7 nitrogen and oxygen atoms in total. The van der Waals surface area contributed by atoms with Crippen LogP contribution in [0.1, 0.15) is 17.9 Å². The van der Waals surface area contributed by atoms with Gasteiger partial charge in [-0.25, -0.2) is 0 Å². The standard InChI is InChI=1S/C15H14N4O3/c1-8-2-3-9-7-10(15(21)17-11(9)6-8)14-18-13(22-19-14)5-4-12(16)20/h2-3,6-7H,4-5H2,1H3,(H2,16,20)(H,17,21). The Morgan fingerprint density at radius 1 is 1.36 bits per heavy atom. The van der Waals surface area contributed by atoms with Crippen molar-refractivity contribution in [3.63, 3.8) is 0 Å². The Bertz CT molecular complexity index is 911. The van der Waals surface area contributed by atoms with Crippen LogP contribution in [0.25, 0.3) is 22.3 Å². The lowest BCUT2D eigenvalue weighted by atomic mass is 10.1. The Kier molecular flexibility index (Phi) is 3.46. The number of carbonyl (C=O) groups is 1. The summed E-state index contributed by atoms with van der Waals surface area (Å²) in [5.74, 6) is 0.0269. The number of hydrogen-bond acceptors (Lipinski definition) is 5. The second-order valence-electron chi connectivity index (χ2n) is 5.08. The maximum absolute atomic E-state index is 12.2. The first-order valence-electron chi connectivity index (χ1n) is 6.78. The molecule has 1 aromatic carbocycles. The van der Waals surface area contributed by atoms with Crippen LogP contribution >= 0.6 is 0 Å². The van der Waals surface area contributed by atoms with Crippen molar-refractivity contribution in [3.05, 3.63) is 46.1 Å². The van der Waals surface area contributed by atoms with Crippen molar-refractivity contribution in [1.29, 1.82) is 0 Å². The highest BCUT2D eigenvalue weighted by molar-refractivity contribution is 5.82. The van der Waals surface area contributed by atoms with Crippen LogP contribution in [0, 0.1) is 6.92 Å². The quantitative estimate of drug-likeness (QED) is 0.753. The van der Waals surface area contributed by atoms with Gasteiger partial charge >= 0.3 is 0 Å². The summed E-state index contributed by atoms with van der Waals surface area (Å²) < 4.78 is 5.03. The summed E-state index contributed by atoms with van der Waals surface area (Å²) in [6, 6.07) is 7.49. The van der Waals surface area contributed by atoms with E-state index in [1.807, 2.05) is 25.1 Å². The van der Waals surface area contributed by atoms with Gasteiger partial charge in [0.1, 0.15) is 0 Å². The minimum Gasteiger partial charge on any atom is -0.370 e. The predicted octanol–water partition coefficient (Wildman–Crippen LogP) is 1.30. The molecule has 0 atom stereocenters. The van der Waals surface area contributed by atoms with Crippen LogP contribution in [0.2, 0.25) is 0 Å². The highest BCUT2D eigenvalue weighted by Crippen LogP contribution is 2.18. The van der Waals surface area contributed by atoms with Crippen molar-refractivity contribution < 1.29 is 9.32 Å². The molecule has 3 N–H and O–H groups in total. The molecule has 0 spiro atoms. The summed E-state index contributed by atoms with van der Waals surface area (Å²) >= 11 is 0. The van der Waals surface area contributed by atoms with E-state index in [9.17, 15) is 9.59 Å². The monoisotopic (exact) mass is 298 g/mol. The zero-order valence-corrected chi connectivity index (χ0v) is 11.9. The molecule has 0 radical (unpaired) electrons. The number of H-pyrrole nitrogens is 1. The third-order valence-corrected chi connectivity index (χ3v) is 3.30. The number of aromatic amines is 1. The number of pyridine rings is 1. The molecule has 0 aliphatic rings. The maximum atomic E-state index is 12.2. The smallest absolute Gasteiger partial charge is 0.259 e. The molecular weight excluding hydrogens is 284 g/mol. The Morgan fingerprint density at radius 2 is 2.18 bits per heavy atom. The number of amides is 1. The minimum absolute atomic E-state index is 0.120. The van der Waals surface area contributed by atoms with E-state index < -0.39 is 5.91 Å². The molecule has 7 heteroatoms. The summed E-state index contributed by atoms with van der Waals surface area (Å²) in [5.41, 5.74) is 6.92. The summed E-state index contributed by atoms with van der Waals surface area (Å²) in [7, 11) is 0. The first-order valence-corrected chi connectivity index (χ1v) is 6.78. The van der Waals surface area contributed by atoms with Crippen molar-refractivity contribution in [2.45, 2.75) is 19.8 Å². The number of nitrogens with two attached hydrogens (primary N) is 1. The van der Waals surface area contributed by atoms with Gasteiger partial charge in [0.25, 0.3) is 5.56 Å². The van der Waals surface area contributed by atoms with E-state index in [0.29, 0.717) is 5.56 Å². The van der Waals surface area contributed by atoms with Gasteiger partial charge in [0.15, 0.2) is 0 Å². The van der Waals surface area contributed by atoms with Crippen molar-refractivity contribution in [2.75, 3.05) is 0 Å². The van der Waals surface area contributed by atoms with Gasteiger partial charge in [0, 0.05) is 18.4 Å². The Labute approximate surface area is 125 Å². The maximum Gasteiger partial charge on any atom is 0.259 e. The molecule has 1 amide bonds. The second kappa shape index (κ2) is 5.44. The molecule has 2 heterocycles. The van der Waals surface area contributed by atoms with Crippen LogP contribution in [0.5, 0.6) is 0 Å². The van der Waals surface area contributed by atoms with Crippen LogP contribution in [0.3, 0.4) is 0 Å². The van der Waals surface area contributed by atoms with E-state index in [0.717, 1.165) is 16.5 Å².